The molecule has 0 amide bonds. The third-order valence-electron chi connectivity index (χ3n) is 5.74. The molecule has 11 nitrogen and oxygen atoms in total. The number of anilines is 4. The zero-order valence-electron chi connectivity index (χ0n) is 20.4. The summed E-state index contributed by atoms with van der Waals surface area (Å²) >= 11 is 0. The quantitative estimate of drug-likeness (QED) is 0.306. The summed E-state index contributed by atoms with van der Waals surface area (Å²) in [5, 5.41) is 9.62. The molecule has 188 valence electrons. The maximum Gasteiger partial charge on any atom is 0.339 e. The van der Waals surface area contributed by atoms with Crippen molar-refractivity contribution in [3.05, 3.63) is 72.4 Å². The minimum absolute atomic E-state index is 0.203. The lowest BCUT2D eigenvalue weighted by Gasteiger charge is -2.22. The normalized spacial score (nSPS) is 15.1. The van der Waals surface area contributed by atoms with Crippen LogP contribution in [-0.4, -0.2) is 55.1 Å². The van der Waals surface area contributed by atoms with E-state index in [2.05, 4.69) is 45.9 Å². The molecule has 1 saturated heterocycles. The highest BCUT2D eigenvalue weighted by atomic mass is 16.5. The van der Waals surface area contributed by atoms with E-state index < -0.39 is 5.97 Å². The van der Waals surface area contributed by atoms with Crippen LogP contribution >= 0.6 is 0 Å². The van der Waals surface area contributed by atoms with Crippen molar-refractivity contribution in [2.24, 2.45) is 0 Å². The summed E-state index contributed by atoms with van der Waals surface area (Å²) in [7, 11) is 0. The molecule has 0 aromatic carbocycles. The number of piperidine rings is 1. The van der Waals surface area contributed by atoms with Gasteiger partial charge in [0.15, 0.2) is 5.82 Å². The molecule has 1 aliphatic heterocycles. The Morgan fingerprint density at radius 2 is 1.89 bits per heavy atom. The van der Waals surface area contributed by atoms with Gasteiger partial charge in [-0.25, -0.2) is 24.7 Å². The number of nitrogens with zero attached hydrogens (tertiary/aromatic N) is 6. The number of rotatable bonds is 8. The molecule has 3 N–H and O–H groups in total. The van der Waals surface area contributed by atoms with Crippen LogP contribution in [0.3, 0.4) is 0 Å². The van der Waals surface area contributed by atoms with Gasteiger partial charge in [0, 0.05) is 30.3 Å². The second kappa shape index (κ2) is 11.5. The minimum Gasteiger partial charge on any atom is -0.460 e. The van der Waals surface area contributed by atoms with Gasteiger partial charge in [0.1, 0.15) is 23.9 Å². The van der Waals surface area contributed by atoms with Gasteiger partial charge in [0.2, 0.25) is 5.95 Å². The molecule has 4 aromatic heterocycles. The Labute approximate surface area is 214 Å². The maximum atomic E-state index is 12.5. The van der Waals surface area contributed by atoms with Crippen LogP contribution in [0.25, 0.3) is 11.5 Å². The lowest BCUT2D eigenvalue weighted by molar-refractivity contribution is 0.0451. The Morgan fingerprint density at radius 1 is 1.03 bits per heavy atom. The van der Waals surface area contributed by atoms with Crippen LogP contribution in [0.1, 0.15) is 35.3 Å². The fourth-order valence-electron chi connectivity index (χ4n) is 3.91. The molecule has 1 atom stereocenters. The predicted molar refractivity (Wildman–Crippen MR) is 139 cm³/mol. The van der Waals surface area contributed by atoms with Crippen molar-refractivity contribution in [3.63, 3.8) is 0 Å². The summed E-state index contributed by atoms with van der Waals surface area (Å²) in [5.74, 6) is 1.52. The van der Waals surface area contributed by atoms with Crippen molar-refractivity contribution in [3.8, 4) is 11.5 Å². The van der Waals surface area contributed by atoms with E-state index in [1.54, 1.807) is 36.8 Å². The number of pyridine rings is 2. The minimum atomic E-state index is -0.414. The van der Waals surface area contributed by atoms with Crippen LogP contribution in [0.4, 0.5) is 23.3 Å². The van der Waals surface area contributed by atoms with E-state index in [0.29, 0.717) is 47.0 Å². The molecule has 4 aromatic rings. The smallest absolute Gasteiger partial charge is 0.339 e. The van der Waals surface area contributed by atoms with Gasteiger partial charge in [-0.3, -0.25) is 4.98 Å². The maximum absolute atomic E-state index is 12.5. The van der Waals surface area contributed by atoms with E-state index in [0.717, 1.165) is 31.5 Å². The topological polar surface area (TPSA) is 140 Å². The van der Waals surface area contributed by atoms with Gasteiger partial charge in [-0.15, -0.1) is 0 Å². The number of ether oxygens (including phenoxy) is 1. The average molecular weight is 498 g/mol. The molecule has 0 bridgehead atoms. The highest BCUT2D eigenvalue weighted by molar-refractivity contribution is 5.90. The summed E-state index contributed by atoms with van der Waals surface area (Å²) in [6, 6.07) is 11.0. The van der Waals surface area contributed by atoms with Crippen molar-refractivity contribution in [1.29, 1.82) is 0 Å². The number of hydrogen-bond donors (Lipinski definition) is 3. The molecule has 37 heavy (non-hydrogen) atoms. The Kier molecular flexibility index (Phi) is 7.51. The third-order valence-corrected chi connectivity index (χ3v) is 5.74. The molecule has 0 aliphatic carbocycles. The summed E-state index contributed by atoms with van der Waals surface area (Å²) in [6.07, 6.45) is 9.66. The second-order valence-electron chi connectivity index (χ2n) is 8.65. The second-order valence-corrected chi connectivity index (χ2v) is 8.65. The zero-order valence-corrected chi connectivity index (χ0v) is 20.4. The fraction of sp³-hybridized carbons (Fsp3) is 0.269. The average Bonchev–Trinajstić information content (AvgIpc) is 2.93. The van der Waals surface area contributed by atoms with Crippen LogP contribution in [0, 0.1) is 6.92 Å². The van der Waals surface area contributed by atoms with E-state index in [-0.39, 0.29) is 6.04 Å². The molecule has 1 aliphatic rings. The van der Waals surface area contributed by atoms with E-state index in [4.69, 9.17) is 4.74 Å². The van der Waals surface area contributed by atoms with Crippen LogP contribution in [-0.2, 0) is 4.74 Å². The van der Waals surface area contributed by atoms with Crippen molar-refractivity contribution in [2.45, 2.75) is 32.2 Å². The Hall–Kier alpha value is -4.51. The first-order valence-corrected chi connectivity index (χ1v) is 12.1. The van der Waals surface area contributed by atoms with Crippen molar-refractivity contribution in [2.75, 3.05) is 23.8 Å². The number of esters is 1. The van der Waals surface area contributed by atoms with Crippen molar-refractivity contribution < 1.29 is 9.53 Å². The number of aromatic nitrogens is 6. The van der Waals surface area contributed by atoms with E-state index >= 15 is 0 Å². The Balaban J connectivity index is 1.23. The summed E-state index contributed by atoms with van der Waals surface area (Å²) in [5.41, 5.74) is 2.50. The summed E-state index contributed by atoms with van der Waals surface area (Å²) < 4.78 is 5.48. The highest BCUT2D eigenvalue weighted by Crippen LogP contribution is 2.19. The van der Waals surface area contributed by atoms with Crippen molar-refractivity contribution in [1.82, 2.24) is 35.2 Å². The van der Waals surface area contributed by atoms with Gasteiger partial charge in [0.25, 0.3) is 0 Å². The largest absolute Gasteiger partial charge is 0.460 e. The van der Waals surface area contributed by atoms with E-state index in [9.17, 15) is 4.79 Å². The fourth-order valence-corrected chi connectivity index (χ4v) is 3.91. The van der Waals surface area contributed by atoms with Gasteiger partial charge in [-0.05, 0) is 56.6 Å². The van der Waals surface area contributed by atoms with Gasteiger partial charge >= 0.3 is 5.97 Å². The van der Waals surface area contributed by atoms with Gasteiger partial charge in [-0.2, -0.15) is 4.98 Å². The molecular formula is C26H27N9O2. The molecule has 1 fully saturated rings. The lowest BCUT2D eigenvalue weighted by atomic mass is 10.1. The monoisotopic (exact) mass is 497 g/mol. The molecular weight excluding hydrogens is 470 g/mol. The SMILES string of the molecule is Cc1cccc(-c2nccc(Nc3ccnc(Nc4cncc(C(=O)OC[C@H]5CCCCN5)c4)n3)n2)n1. The third kappa shape index (κ3) is 6.58. The molecule has 11 heteroatoms. The van der Waals surface area contributed by atoms with Crippen LogP contribution < -0.4 is 16.0 Å². The lowest BCUT2D eigenvalue weighted by Crippen LogP contribution is -2.38. The van der Waals surface area contributed by atoms with E-state index in [1.165, 1.54) is 6.20 Å². The van der Waals surface area contributed by atoms with Crippen LogP contribution in [0.5, 0.6) is 0 Å². The van der Waals surface area contributed by atoms with Crippen LogP contribution in [0.15, 0.2) is 61.2 Å². The van der Waals surface area contributed by atoms with E-state index in [1.807, 2.05) is 25.1 Å². The number of aryl methyl sites for hydroxylation is 1. The first-order valence-electron chi connectivity index (χ1n) is 12.1. The first-order chi connectivity index (χ1) is 18.1. The first kappa shape index (κ1) is 24.2. The van der Waals surface area contributed by atoms with Gasteiger partial charge < -0.3 is 20.7 Å². The van der Waals surface area contributed by atoms with Gasteiger partial charge in [0.05, 0.1) is 17.4 Å². The zero-order chi connectivity index (χ0) is 25.5. The Bertz CT molecular complexity index is 1380. The Morgan fingerprint density at radius 3 is 2.73 bits per heavy atom. The van der Waals surface area contributed by atoms with Crippen molar-refractivity contribution >= 4 is 29.2 Å². The van der Waals surface area contributed by atoms with Gasteiger partial charge in [-0.1, -0.05) is 12.5 Å². The predicted octanol–water partition coefficient (Wildman–Crippen LogP) is 3.82. The molecule has 0 radical (unpaired) electrons. The molecule has 0 spiro atoms. The summed E-state index contributed by atoms with van der Waals surface area (Å²) in [4.78, 5) is 38.8. The number of carbonyl (C=O) groups is 1. The molecule has 0 unspecified atom stereocenters. The summed E-state index contributed by atoms with van der Waals surface area (Å²) in [6.45, 7) is 3.22. The van der Waals surface area contributed by atoms with Crippen LogP contribution in [0.2, 0.25) is 0 Å². The standard InChI is InChI=1S/C26H27N9O2/c1-17-5-4-7-21(31-17)24-29-11-8-22(34-24)33-23-9-12-30-26(35-23)32-20-13-18(14-27-15-20)25(36)37-16-19-6-2-3-10-28-19/h4-5,7-9,11-15,19,28H,2-3,6,10,16H2,1H3,(H2,29,30,32,33,34,35)/t19-/m1/s1. The number of nitrogens with one attached hydrogen (secondary N) is 3. The number of carbonyl (C=O) groups excluding carboxylic acids is 1. The highest BCUT2D eigenvalue weighted by Gasteiger charge is 2.16. The molecule has 5 rings (SSSR count). The molecule has 0 saturated carbocycles. The molecule has 5 heterocycles. The number of hydrogen-bond acceptors (Lipinski definition) is 11.